The zero-order valence-electron chi connectivity index (χ0n) is 15.7. The van der Waals surface area contributed by atoms with Gasteiger partial charge in [-0.1, -0.05) is 24.3 Å². The number of benzene rings is 2. The molecule has 2 aromatic carbocycles. The molecule has 1 heterocycles. The predicted molar refractivity (Wildman–Crippen MR) is 102 cm³/mol. The minimum atomic E-state index is -0.267. The van der Waals surface area contributed by atoms with Gasteiger partial charge in [0.25, 0.3) is 11.5 Å². The summed E-state index contributed by atoms with van der Waals surface area (Å²) in [5.74, 6) is 0.957. The number of hydrogen-bond donors (Lipinski definition) is 0. The Kier molecular flexibility index (Phi) is 5.12. The first-order valence-electron chi connectivity index (χ1n) is 8.38. The molecule has 0 unspecified atom stereocenters. The number of hydrogen-bond acceptors (Lipinski definition) is 5. The summed E-state index contributed by atoms with van der Waals surface area (Å²) in [5.41, 5.74) is 0.901. The van der Waals surface area contributed by atoms with Crippen LogP contribution in [0.4, 0.5) is 0 Å². The molecule has 1 aromatic heterocycles. The molecule has 7 heteroatoms. The van der Waals surface area contributed by atoms with Crippen molar-refractivity contribution in [1.29, 1.82) is 0 Å². The highest BCUT2D eigenvalue weighted by Gasteiger charge is 2.19. The van der Waals surface area contributed by atoms with Crippen molar-refractivity contribution in [2.75, 3.05) is 21.3 Å². The minimum Gasteiger partial charge on any atom is -0.493 e. The Balaban J connectivity index is 1.94. The Labute approximate surface area is 156 Å². The molecule has 0 aliphatic rings. The molecule has 7 nitrogen and oxygen atoms in total. The van der Waals surface area contributed by atoms with Crippen LogP contribution in [0.2, 0.25) is 0 Å². The van der Waals surface area contributed by atoms with Crippen LogP contribution in [0.25, 0.3) is 10.8 Å². The number of carbonyl (C=O) groups is 1. The number of carbonyl (C=O) groups excluding carboxylic acids is 1. The molecule has 0 atom stereocenters. The van der Waals surface area contributed by atoms with Crippen LogP contribution in [-0.2, 0) is 13.6 Å². The number of rotatable bonds is 5. The van der Waals surface area contributed by atoms with E-state index in [-0.39, 0.29) is 17.2 Å². The minimum absolute atomic E-state index is 0.232. The predicted octanol–water partition coefficient (Wildman–Crippen LogP) is 2.22. The van der Waals surface area contributed by atoms with Crippen molar-refractivity contribution >= 4 is 16.7 Å². The molecule has 0 spiro atoms. The van der Waals surface area contributed by atoms with Crippen molar-refractivity contribution in [1.82, 2.24) is 14.7 Å². The molecular formula is C20H21N3O4. The summed E-state index contributed by atoms with van der Waals surface area (Å²) in [6, 6.07) is 12.5. The van der Waals surface area contributed by atoms with E-state index in [0.29, 0.717) is 28.8 Å². The van der Waals surface area contributed by atoms with Crippen molar-refractivity contribution in [2.45, 2.75) is 6.54 Å². The van der Waals surface area contributed by atoms with Crippen LogP contribution >= 0.6 is 0 Å². The number of amides is 1. The van der Waals surface area contributed by atoms with E-state index < -0.39 is 0 Å². The topological polar surface area (TPSA) is 73.7 Å². The average Bonchev–Trinajstić information content (AvgIpc) is 2.70. The first-order valence-corrected chi connectivity index (χ1v) is 8.38. The Morgan fingerprint density at radius 3 is 2.41 bits per heavy atom. The lowest BCUT2D eigenvalue weighted by molar-refractivity contribution is 0.0779. The lowest BCUT2D eigenvalue weighted by Gasteiger charge is -2.19. The second-order valence-corrected chi connectivity index (χ2v) is 6.17. The van der Waals surface area contributed by atoms with Gasteiger partial charge in [0.1, 0.15) is 0 Å². The smallest absolute Gasteiger partial charge is 0.274 e. The summed E-state index contributed by atoms with van der Waals surface area (Å²) in [7, 11) is 6.38. The third-order valence-electron chi connectivity index (χ3n) is 4.37. The molecule has 0 bridgehead atoms. The van der Waals surface area contributed by atoms with Gasteiger partial charge >= 0.3 is 0 Å². The standard InChI is InChI=1S/C20H21N3O4/c1-22(12-13-9-10-16(26-3)17(11-13)27-4)20(25)18-14-7-5-6-8-15(14)19(24)23(2)21-18/h5-11H,12H2,1-4H3. The summed E-state index contributed by atoms with van der Waals surface area (Å²) in [4.78, 5) is 26.8. The molecule has 0 aliphatic carbocycles. The lowest BCUT2D eigenvalue weighted by Crippen LogP contribution is -2.31. The third kappa shape index (κ3) is 3.48. The van der Waals surface area contributed by atoms with Crippen molar-refractivity contribution in [3.63, 3.8) is 0 Å². The number of aromatic nitrogens is 2. The van der Waals surface area contributed by atoms with E-state index in [1.807, 2.05) is 12.1 Å². The SMILES string of the molecule is COc1ccc(CN(C)C(=O)c2nn(C)c(=O)c3ccccc23)cc1OC. The molecule has 3 aromatic rings. The van der Waals surface area contributed by atoms with Gasteiger partial charge < -0.3 is 14.4 Å². The van der Waals surface area contributed by atoms with Gasteiger partial charge in [0.15, 0.2) is 17.2 Å². The van der Waals surface area contributed by atoms with Gasteiger partial charge in [0.2, 0.25) is 0 Å². The van der Waals surface area contributed by atoms with Crippen LogP contribution in [0.1, 0.15) is 16.1 Å². The van der Waals surface area contributed by atoms with Gasteiger partial charge in [0, 0.05) is 26.0 Å². The number of ether oxygens (including phenoxy) is 2. The molecule has 0 radical (unpaired) electrons. The number of nitrogens with zero attached hydrogens (tertiary/aromatic N) is 3. The highest BCUT2D eigenvalue weighted by molar-refractivity contribution is 6.04. The maximum absolute atomic E-state index is 13.0. The fraction of sp³-hybridized carbons (Fsp3) is 0.250. The Morgan fingerprint density at radius 1 is 1.07 bits per heavy atom. The summed E-state index contributed by atoms with van der Waals surface area (Å²) in [6.45, 7) is 0.359. The van der Waals surface area contributed by atoms with E-state index in [9.17, 15) is 9.59 Å². The van der Waals surface area contributed by atoms with Crippen LogP contribution in [-0.4, -0.2) is 41.9 Å². The van der Waals surface area contributed by atoms with E-state index in [1.165, 1.54) is 4.68 Å². The zero-order chi connectivity index (χ0) is 19.6. The van der Waals surface area contributed by atoms with Crippen molar-refractivity contribution in [3.8, 4) is 11.5 Å². The normalized spacial score (nSPS) is 10.7. The summed E-state index contributed by atoms with van der Waals surface area (Å²) in [5, 5.41) is 5.21. The van der Waals surface area contributed by atoms with E-state index >= 15 is 0 Å². The van der Waals surface area contributed by atoms with Crippen LogP contribution in [0.15, 0.2) is 47.3 Å². The molecule has 0 fully saturated rings. The average molecular weight is 367 g/mol. The van der Waals surface area contributed by atoms with Gasteiger partial charge in [-0.15, -0.1) is 0 Å². The van der Waals surface area contributed by atoms with Crippen LogP contribution < -0.4 is 15.0 Å². The number of fused-ring (bicyclic) bond motifs is 1. The van der Waals surface area contributed by atoms with Crippen molar-refractivity contribution in [3.05, 3.63) is 64.1 Å². The zero-order valence-corrected chi connectivity index (χ0v) is 15.7. The molecule has 0 saturated heterocycles. The number of aryl methyl sites for hydroxylation is 1. The van der Waals surface area contributed by atoms with E-state index in [1.54, 1.807) is 63.5 Å². The third-order valence-corrected chi connectivity index (χ3v) is 4.37. The Morgan fingerprint density at radius 2 is 1.74 bits per heavy atom. The highest BCUT2D eigenvalue weighted by Crippen LogP contribution is 2.28. The quantitative estimate of drug-likeness (QED) is 0.691. The van der Waals surface area contributed by atoms with Gasteiger partial charge in [-0.3, -0.25) is 9.59 Å². The molecule has 0 aliphatic heterocycles. The van der Waals surface area contributed by atoms with Gasteiger partial charge in [-0.05, 0) is 23.8 Å². The molecular weight excluding hydrogens is 346 g/mol. The van der Waals surface area contributed by atoms with Gasteiger partial charge in [0.05, 0.1) is 19.6 Å². The van der Waals surface area contributed by atoms with Crippen LogP contribution in [0, 0.1) is 0 Å². The van der Waals surface area contributed by atoms with Gasteiger partial charge in [-0.2, -0.15) is 5.10 Å². The second-order valence-electron chi connectivity index (χ2n) is 6.17. The van der Waals surface area contributed by atoms with Crippen LogP contribution in [0.3, 0.4) is 0 Å². The monoisotopic (exact) mass is 367 g/mol. The number of methoxy groups -OCH3 is 2. The molecule has 140 valence electrons. The molecule has 3 rings (SSSR count). The Hall–Kier alpha value is -3.35. The highest BCUT2D eigenvalue weighted by atomic mass is 16.5. The summed E-state index contributed by atoms with van der Waals surface area (Å²) < 4.78 is 11.7. The van der Waals surface area contributed by atoms with E-state index in [2.05, 4.69) is 5.10 Å². The second kappa shape index (κ2) is 7.49. The summed E-state index contributed by atoms with van der Waals surface area (Å²) >= 11 is 0. The maximum Gasteiger partial charge on any atom is 0.274 e. The van der Waals surface area contributed by atoms with E-state index in [0.717, 1.165) is 5.56 Å². The lowest BCUT2D eigenvalue weighted by atomic mass is 10.1. The molecule has 0 N–H and O–H groups in total. The largest absolute Gasteiger partial charge is 0.493 e. The first kappa shape index (κ1) is 18.4. The maximum atomic E-state index is 13.0. The molecule has 0 saturated carbocycles. The molecule has 27 heavy (non-hydrogen) atoms. The summed E-state index contributed by atoms with van der Waals surface area (Å²) in [6.07, 6.45) is 0. The van der Waals surface area contributed by atoms with Crippen LogP contribution in [0.5, 0.6) is 11.5 Å². The van der Waals surface area contributed by atoms with E-state index in [4.69, 9.17) is 9.47 Å². The molecule has 1 amide bonds. The van der Waals surface area contributed by atoms with Crippen molar-refractivity contribution < 1.29 is 14.3 Å². The first-order chi connectivity index (χ1) is 13.0. The van der Waals surface area contributed by atoms with Gasteiger partial charge in [-0.25, -0.2) is 4.68 Å². The fourth-order valence-electron chi connectivity index (χ4n) is 2.96. The Bertz CT molecular complexity index is 1060. The van der Waals surface area contributed by atoms with Crippen molar-refractivity contribution in [2.24, 2.45) is 7.05 Å². The fourth-order valence-corrected chi connectivity index (χ4v) is 2.96.